The molecule has 0 aromatic heterocycles. The molecule has 134 valence electrons. The third-order valence-corrected chi connectivity index (χ3v) is 4.56. The van der Waals surface area contributed by atoms with Crippen LogP contribution in [0.2, 0.25) is 0 Å². The molecule has 5 nitrogen and oxygen atoms in total. The summed E-state index contributed by atoms with van der Waals surface area (Å²) >= 11 is 0. The van der Waals surface area contributed by atoms with Crippen molar-refractivity contribution in [2.45, 2.75) is 6.61 Å². The Balaban J connectivity index is 1.96. The minimum Gasteiger partial charge on any atom is -0.493 e. The summed E-state index contributed by atoms with van der Waals surface area (Å²) in [6.07, 6.45) is 1.96. The van der Waals surface area contributed by atoms with Gasteiger partial charge in [-0.15, -0.1) is 0 Å². The summed E-state index contributed by atoms with van der Waals surface area (Å²) in [7, 11) is 1.61. The summed E-state index contributed by atoms with van der Waals surface area (Å²) in [4.78, 5) is 10.7. The zero-order valence-corrected chi connectivity index (χ0v) is 14.7. The Hall–Kier alpha value is -3.60. The molecular formula is C22H17NO4. The van der Waals surface area contributed by atoms with E-state index >= 15 is 0 Å². The van der Waals surface area contributed by atoms with Crippen LogP contribution < -0.4 is 9.47 Å². The van der Waals surface area contributed by atoms with Crippen LogP contribution in [0.1, 0.15) is 22.3 Å². The minimum absolute atomic E-state index is 0.0633. The third kappa shape index (κ3) is 3.15. The quantitative estimate of drug-likeness (QED) is 0.483. The molecule has 3 aromatic carbocycles. The fourth-order valence-electron chi connectivity index (χ4n) is 3.29. The Morgan fingerprint density at radius 2 is 1.81 bits per heavy atom. The Bertz CT molecular complexity index is 1060. The molecule has 5 heteroatoms. The molecule has 1 aliphatic heterocycles. The topological polar surface area (TPSA) is 61.6 Å². The number of hydrogen-bond acceptors (Lipinski definition) is 4. The van der Waals surface area contributed by atoms with Crippen LogP contribution in [0, 0.1) is 10.1 Å². The maximum Gasteiger partial charge on any atom is 0.270 e. The van der Waals surface area contributed by atoms with Crippen molar-refractivity contribution in [2.24, 2.45) is 0 Å². The highest BCUT2D eigenvalue weighted by atomic mass is 16.6. The highest BCUT2D eigenvalue weighted by Crippen LogP contribution is 2.42. The van der Waals surface area contributed by atoms with Crippen molar-refractivity contribution in [1.82, 2.24) is 0 Å². The highest BCUT2D eigenvalue weighted by molar-refractivity contribution is 5.95. The van der Waals surface area contributed by atoms with E-state index < -0.39 is 0 Å². The minimum atomic E-state index is -0.386. The van der Waals surface area contributed by atoms with E-state index in [9.17, 15) is 10.1 Å². The van der Waals surface area contributed by atoms with Gasteiger partial charge in [0.25, 0.3) is 5.69 Å². The molecule has 0 saturated carbocycles. The fraction of sp³-hybridized carbons (Fsp3) is 0.0909. The Kier molecular flexibility index (Phi) is 4.34. The second kappa shape index (κ2) is 6.96. The van der Waals surface area contributed by atoms with E-state index in [2.05, 4.69) is 0 Å². The summed E-state index contributed by atoms with van der Waals surface area (Å²) in [5.41, 5.74) is 4.74. The maximum absolute atomic E-state index is 11.1. The van der Waals surface area contributed by atoms with E-state index in [4.69, 9.17) is 9.47 Å². The number of rotatable bonds is 3. The average molecular weight is 359 g/mol. The van der Waals surface area contributed by atoms with Crippen molar-refractivity contribution in [3.8, 4) is 11.5 Å². The number of non-ortho nitro benzene ring substituents is 1. The molecule has 0 atom stereocenters. The summed E-state index contributed by atoms with van der Waals surface area (Å²) in [6.45, 7) is 0.426. The Morgan fingerprint density at radius 3 is 2.63 bits per heavy atom. The van der Waals surface area contributed by atoms with Crippen LogP contribution in [0.25, 0.3) is 11.6 Å². The molecule has 0 unspecified atom stereocenters. The van der Waals surface area contributed by atoms with Gasteiger partial charge in [0, 0.05) is 17.7 Å². The predicted molar refractivity (Wildman–Crippen MR) is 104 cm³/mol. The van der Waals surface area contributed by atoms with Gasteiger partial charge >= 0.3 is 0 Å². The second-order valence-electron chi connectivity index (χ2n) is 6.19. The zero-order chi connectivity index (χ0) is 18.8. The van der Waals surface area contributed by atoms with Crippen LogP contribution in [0.15, 0.2) is 66.7 Å². The molecule has 0 amide bonds. The number of nitro groups is 1. The number of nitrogens with zero attached hydrogens (tertiary/aromatic N) is 1. The molecule has 4 rings (SSSR count). The third-order valence-electron chi connectivity index (χ3n) is 4.56. The second-order valence-corrected chi connectivity index (χ2v) is 6.19. The number of fused-ring (bicyclic) bond motifs is 2. The normalized spacial score (nSPS) is 13.9. The molecule has 27 heavy (non-hydrogen) atoms. The summed E-state index contributed by atoms with van der Waals surface area (Å²) in [5.74, 6) is 1.33. The van der Waals surface area contributed by atoms with Gasteiger partial charge in [0.05, 0.1) is 12.0 Å². The molecular weight excluding hydrogens is 342 g/mol. The molecule has 3 aromatic rings. The van der Waals surface area contributed by atoms with Crippen molar-refractivity contribution >= 4 is 17.3 Å². The van der Waals surface area contributed by atoms with Gasteiger partial charge in [-0.1, -0.05) is 48.5 Å². The number of ether oxygens (including phenoxy) is 2. The van der Waals surface area contributed by atoms with Gasteiger partial charge in [-0.3, -0.25) is 10.1 Å². The van der Waals surface area contributed by atoms with Crippen LogP contribution in [-0.4, -0.2) is 12.0 Å². The van der Waals surface area contributed by atoms with Crippen LogP contribution in [0.4, 0.5) is 5.69 Å². The first-order valence-electron chi connectivity index (χ1n) is 8.52. The van der Waals surface area contributed by atoms with E-state index in [1.54, 1.807) is 19.2 Å². The van der Waals surface area contributed by atoms with Crippen molar-refractivity contribution in [1.29, 1.82) is 0 Å². The lowest BCUT2D eigenvalue weighted by Crippen LogP contribution is -1.97. The van der Waals surface area contributed by atoms with E-state index in [-0.39, 0.29) is 10.6 Å². The van der Waals surface area contributed by atoms with Crippen LogP contribution in [-0.2, 0) is 6.61 Å². The monoisotopic (exact) mass is 359 g/mol. The maximum atomic E-state index is 11.1. The van der Waals surface area contributed by atoms with Crippen molar-refractivity contribution < 1.29 is 14.4 Å². The van der Waals surface area contributed by atoms with E-state index in [0.29, 0.717) is 18.1 Å². The van der Waals surface area contributed by atoms with Crippen molar-refractivity contribution in [3.05, 3.63) is 99.1 Å². The lowest BCUT2D eigenvalue weighted by Gasteiger charge is -2.13. The van der Waals surface area contributed by atoms with E-state index in [1.165, 1.54) is 6.07 Å². The number of hydrogen-bond donors (Lipinski definition) is 0. The summed E-state index contributed by atoms with van der Waals surface area (Å²) in [6, 6.07) is 20.4. The van der Waals surface area contributed by atoms with Gasteiger partial charge in [0.1, 0.15) is 6.61 Å². The molecule has 0 fully saturated rings. The highest BCUT2D eigenvalue weighted by Gasteiger charge is 2.22. The number of benzene rings is 3. The molecule has 0 radical (unpaired) electrons. The van der Waals surface area contributed by atoms with Gasteiger partial charge in [-0.2, -0.15) is 0 Å². The summed E-state index contributed by atoms with van der Waals surface area (Å²) < 4.78 is 11.5. The first-order chi connectivity index (χ1) is 13.2. The van der Waals surface area contributed by atoms with Gasteiger partial charge in [-0.05, 0) is 34.4 Å². The first-order valence-corrected chi connectivity index (χ1v) is 8.52. The van der Waals surface area contributed by atoms with Gasteiger partial charge in [0.2, 0.25) is 0 Å². The smallest absolute Gasteiger partial charge is 0.270 e. The number of nitro benzene ring substituents is 1. The Morgan fingerprint density at radius 1 is 1.04 bits per heavy atom. The predicted octanol–water partition coefficient (Wildman–Crippen LogP) is 5.08. The van der Waals surface area contributed by atoms with Crippen LogP contribution in [0.3, 0.4) is 0 Å². The van der Waals surface area contributed by atoms with E-state index in [0.717, 1.165) is 27.8 Å². The first kappa shape index (κ1) is 16.8. The van der Waals surface area contributed by atoms with Crippen LogP contribution in [0.5, 0.6) is 11.5 Å². The molecule has 0 N–H and O–H groups in total. The number of methoxy groups -OCH3 is 1. The zero-order valence-electron chi connectivity index (χ0n) is 14.7. The standard InChI is InChI=1S/C22H17NO4/c1-26-21-11-5-10-19-20(13-15-6-4-8-17(12-15)23(24)25)18-9-3-2-7-16(18)14-27-22(19)21/h2-13H,14H2,1H3. The molecule has 1 aliphatic rings. The van der Waals surface area contributed by atoms with Crippen LogP contribution >= 0.6 is 0 Å². The largest absolute Gasteiger partial charge is 0.493 e. The van der Waals surface area contributed by atoms with Gasteiger partial charge in [-0.25, -0.2) is 0 Å². The molecule has 1 heterocycles. The fourth-order valence-corrected chi connectivity index (χ4v) is 3.29. The molecule has 0 bridgehead atoms. The molecule has 0 aliphatic carbocycles. The van der Waals surface area contributed by atoms with Crippen molar-refractivity contribution in [2.75, 3.05) is 7.11 Å². The summed E-state index contributed by atoms with van der Waals surface area (Å²) in [5, 5.41) is 11.1. The lowest BCUT2D eigenvalue weighted by atomic mass is 9.92. The SMILES string of the molecule is COc1cccc2c1OCc1ccccc1C2=Cc1cccc([N+](=O)[O-])c1. The Labute approximate surface area is 156 Å². The van der Waals surface area contributed by atoms with E-state index in [1.807, 2.05) is 54.6 Å². The average Bonchev–Trinajstić information content (AvgIpc) is 2.85. The van der Waals surface area contributed by atoms with Gasteiger partial charge in [0.15, 0.2) is 11.5 Å². The lowest BCUT2D eigenvalue weighted by molar-refractivity contribution is -0.384. The molecule has 0 saturated heterocycles. The van der Waals surface area contributed by atoms with Crippen molar-refractivity contribution in [3.63, 3.8) is 0 Å². The molecule has 0 spiro atoms. The number of para-hydroxylation sites is 1. The van der Waals surface area contributed by atoms with Gasteiger partial charge < -0.3 is 9.47 Å².